The summed E-state index contributed by atoms with van der Waals surface area (Å²) in [6.07, 6.45) is 1.56. The predicted octanol–water partition coefficient (Wildman–Crippen LogP) is 5.38. The molecule has 32 heavy (non-hydrogen) atoms. The first kappa shape index (κ1) is 21.6. The van der Waals surface area contributed by atoms with Crippen molar-refractivity contribution in [2.45, 2.75) is 26.5 Å². The molecule has 3 aromatic carbocycles. The van der Waals surface area contributed by atoms with Gasteiger partial charge in [0.1, 0.15) is 23.8 Å². The van der Waals surface area contributed by atoms with E-state index in [1.807, 2.05) is 36.4 Å². The molecule has 0 aliphatic rings. The number of carbonyl (C=O) groups is 1. The van der Waals surface area contributed by atoms with Gasteiger partial charge in [0.2, 0.25) is 0 Å². The Bertz CT molecular complexity index is 1250. The van der Waals surface area contributed by atoms with Crippen molar-refractivity contribution in [3.05, 3.63) is 89.4 Å². The van der Waals surface area contributed by atoms with Gasteiger partial charge in [0.05, 0.1) is 24.7 Å². The van der Waals surface area contributed by atoms with Gasteiger partial charge >= 0.3 is 5.97 Å². The SMILES string of the molecule is CCOC(=O)Cc1ccccc1OCc1cc(-c2cccc(CN)c2)c2occc2c1F. The summed E-state index contributed by atoms with van der Waals surface area (Å²) in [6.45, 7) is 2.47. The normalized spacial score (nSPS) is 11.0. The molecule has 164 valence electrons. The fourth-order valence-corrected chi connectivity index (χ4v) is 3.67. The average molecular weight is 433 g/mol. The van der Waals surface area contributed by atoms with Crippen LogP contribution < -0.4 is 10.5 Å². The maximum absolute atomic E-state index is 15.2. The Hall–Kier alpha value is -3.64. The lowest BCUT2D eigenvalue weighted by atomic mass is 9.98. The van der Waals surface area contributed by atoms with Gasteiger partial charge in [-0.3, -0.25) is 4.79 Å². The van der Waals surface area contributed by atoms with E-state index in [-0.39, 0.29) is 19.0 Å². The van der Waals surface area contributed by atoms with Crippen molar-refractivity contribution in [3.63, 3.8) is 0 Å². The van der Waals surface area contributed by atoms with E-state index in [1.54, 1.807) is 31.2 Å². The molecule has 2 N–H and O–H groups in total. The third kappa shape index (κ3) is 4.50. The number of nitrogens with two attached hydrogens (primary N) is 1. The quantitative estimate of drug-likeness (QED) is 0.378. The molecule has 0 aliphatic heterocycles. The highest BCUT2D eigenvalue weighted by Gasteiger charge is 2.17. The van der Waals surface area contributed by atoms with Crippen LogP contribution >= 0.6 is 0 Å². The number of carbonyl (C=O) groups excluding carboxylic acids is 1. The van der Waals surface area contributed by atoms with Crippen LogP contribution in [0.15, 0.2) is 71.3 Å². The standard InChI is InChI=1S/C26H24FNO4/c1-2-30-24(29)14-19-7-3-4-9-23(19)32-16-20-13-22(18-8-5-6-17(12-18)15-28)26-21(25(20)27)10-11-31-26/h3-13H,2,14-16,28H2,1H3. The van der Waals surface area contributed by atoms with E-state index < -0.39 is 5.82 Å². The molecule has 0 saturated carbocycles. The summed E-state index contributed by atoms with van der Waals surface area (Å²) in [6, 6.07) is 18.3. The number of rotatable bonds is 8. The Morgan fingerprint density at radius 3 is 2.72 bits per heavy atom. The molecule has 1 aromatic heterocycles. The molecular formula is C26H24FNO4. The molecule has 0 atom stereocenters. The smallest absolute Gasteiger partial charge is 0.310 e. The van der Waals surface area contributed by atoms with E-state index in [0.29, 0.717) is 41.0 Å². The second-order valence-corrected chi connectivity index (χ2v) is 7.34. The van der Waals surface area contributed by atoms with Crippen LogP contribution in [0, 0.1) is 5.82 Å². The summed E-state index contributed by atoms with van der Waals surface area (Å²) in [7, 11) is 0. The number of hydrogen-bond donors (Lipinski definition) is 1. The first-order valence-corrected chi connectivity index (χ1v) is 10.4. The topological polar surface area (TPSA) is 74.7 Å². The second-order valence-electron chi connectivity index (χ2n) is 7.34. The minimum Gasteiger partial charge on any atom is -0.488 e. The maximum atomic E-state index is 15.2. The number of hydrogen-bond acceptors (Lipinski definition) is 5. The molecule has 6 heteroatoms. The lowest BCUT2D eigenvalue weighted by Gasteiger charge is -2.14. The number of furan rings is 1. The van der Waals surface area contributed by atoms with Crippen LogP contribution in [0.1, 0.15) is 23.6 Å². The van der Waals surface area contributed by atoms with Gasteiger partial charge in [-0.15, -0.1) is 0 Å². The van der Waals surface area contributed by atoms with Crippen molar-refractivity contribution in [2.24, 2.45) is 5.73 Å². The zero-order chi connectivity index (χ0) is 22.5. The minimum absolute atomic E-state index is 0.00360. The number of para-hydroxylation sites is 1. The summed E-state index contributed by atoms with van der Waals surface area (Å²) in [4.78, 5) is 11.9. The monoisotopic (exact) mass is 433 g/mol. The Morgan fingerprint density at radius 1 is 1.06 bits per heavy atom. The van der Waals surface area contributed by atoms with Crippen LogP contribution in [0.3, 0.4) is 0 Å². The van der Waals surface area contributed by atoms with E-state index in [4.69, 9.17) is 19.6 Å². The largest absolute Gasteiger partial charge is 0.488 e. The summed E-state index contributed by atoms with van der Waals surface area (Å²) in [5, 5.41) is 0.388. The lowest BCUT2D eigenvalue weighted by Crippen LogP contribution is -2.09. The van der Waals surface area contributed by atoms with E-state index in [2.05, 4.69) is 0 Å². The highest BCUT2D eigenvalue weighted by Crippen LogP contribution is 2.34. The average Bonchev–Trinajstić information content (AvgIpc) is 3.30. The summed E-state index contributed by atoms with van der Waals surface area (Å²) in [5.41, 5.74) is 9.96. The molecule has 0 radical (unpaired) electrons. The molecule has 0 spiro atoms. The summed E-state index contributed by atoms with van der Waals surface area (Å²) >= 11 is 0. The van der Waals surface area contributed by atoms with Gasteiger partial charge in [-0.25, -0.2) is 4.39 Å². The second kappa shape index (κ2) is 9.66. The molecule has 0 amide bonds. The molecule has 1 heterocycles. The third-order valence-electron chi connectivity index (χ3n) is 5.22. The number of esters is 1. The summed E-state index contributed by atoms with van der Waals surface area (Å²) in [5.74, 6) is -0.217. The van der Waals surface area contributed by atoms with Gasteiger partial charge < -0.3 is 19.6 Å². The van der Waals surface area contributed by atoms with Crippen molar-refractivity contribution in [1.82, 2.24) is 0 Å². The molecule has 0 unspecified atom stereocenters. The van der Waals surface area contributed by atoms with Gasteiger partial charge in [-0.05, 0) is 42.3 Å². The Balaban J connectivity index is 1.66. The summed E-state index contributed by atoms with van der Waals surface area (Å²) < 4.78 is 31.8. The Morgan fingerprint density at radius 2 is 1.91 bits per heavy atom. The van der Waals surface area contributed by atoms with Crippen LogP contribution in [0.5, 0.6) is 5.75 Å². The van der Waals surface area contributed by atoms with Gasteiger partial charge in [-0.1, -0.05) is 36.4 Å². The van der Waals surface area contributed by atoms with Crippen LogP contribution in [-0.2, 0) is 29.1 Å². The van der Waals surface area contributed by atoms with Gasteiger partial charge in [-0.2, -0.15) is 0 Å². The number of fused-ring (bicyclic) bond motifs is 1. The Labute approximate surface area is 185 Å². The van der Waals surface area contributed by atoms with E-state index >= 15 is 4.39 Å². The molecule has 5 nitrogen and oxygen atoms in total. The molecule has 0 bridgehead atoms. The van der Waals surface area contributed by atoms with Crippen LogP contribution in [-0.4, -0.2) is 12.6 Å². The van der Waals surface area contributed by atoms with Crippen molar-refractivity contribution in [3.8, 4) is 16.9 Å². The third-order valence-corrected chi connectivity index (χ3v) is 5.22. The molecule has 4 aromatic rings. The van der Waals surface area contributed by atoms with Crippen molar-refractivity contribution in [2.75, 3.05) is 6.61 Å². The first-order valence-electron chi connectivity index (χ1n) is 10.4. The van der Waals surface area contributed by atoms with Crippen LogP contribution in [0.25, 0.3) is 22.1 Å². The van der Waals surface area contributed by atoms with Gasteiger partial charge in [0, 0.05) is 23.2 Å². The predicted molar refractivity (Wildman–Crippen MR) is 121 cm³/mol. The molecule has 4 rings (SSSR count). The fourth-order valence-electron chi connectivity index (χ4n) is 3.67. The molecule has 0 fully saturated rings. The first-order chi connectivity index (χ1) is 15.6. The minimum atomic E-state index is -0.393. The highest BCUT2D eigenvalue weighted by molar-refractivity contribution is 5.93. The zero-order valence-corrected chi connectivity index (χ0v) is 17.8. The van der Waals surface area contributed by atoms with Crippen LogP contribution in [0.2, 0.25) is 0 Å². The van der Waals surface area contributed by atoms with Crippen LogP contribution in [0.4, 0.5) is 4.39 Å². The lowest BCUT2D eigenvalue weighted by molar-refractivity contribution is -0.142. The fraction of sp³-hybridized carbons (Fsp3) is 0.192. The van der Waals surface area contributed by atoms with Gasteiger partial charge in [0.25, 0.3) is 0 Å². The number of ether oxygens (including phenoxy) is 2. The van der Waals surface area contributed by atoms with E-state index in [0.717, 1.165) is 16.7 Å². The van der Waals surface area contributed by atoms with Crippen molar-refractivity contribution in [1.29, 1.82) is 0 Å². The highest BCUT2D eigenvalue weighted by atomic mass is 19.1. The molecular weight excluding hydrogens is 409 g/mol. The zero-order valence-electron chi connectivity index (χ0n) is 17.8. The molecule has 0 saturated heterocycles. The van der Waals surface area contributed by atoms with E-state index in [9.17, 15) is 4.79 Å². The Kier molecular flexibility index (Phi) is 6.52. The maximum Gasteiger partial charge on any atom is 0.310 e. The molecule has 0 aliphatic carbocycles. The number of benzene rings is 3. The van der Waals surface area contributed by atoms with E-state index in [1.165, 1.54) is 6.26 Å². The number of halogens is 1. The van der Waals surface area contributed by atoms with Gasteiger partial charge in [0.15, 0.2) is 0 Å². The van der Waals surface area contributed by atoms with Crippen molar-refractivity contribution < 1.29 is 23.1 Å². The van der Waals surface area contributed by atoms with Crippen molar-refractivity contribution >= 4 is 16.9 Å².